The first-order valence-corrected chi connectivity index (χ1v) is 5.86. The molecule has 94 valence electrons. The number of hydrogen-bond donors (Lipinski definition) is 1. The highest BCUT2D eigenvalue weighted by molar-refractivity contribution is 5.34. The van der Waals surface area contributed by atoms with E-state index in [2.05, 4.69) is 25.7 Å². The average Bonchev–Trinajstić information content (AvgIpc) is 2.27. The molecule has 2 nitrogen and oxygen atoms in total. The monoisotopic (exact) mass is 237 g/mol. The van der Waals surface area contributed by atoms with Crippen molar-refractivity contribution in [3.05, 3.63) is 42.2 Å². The summed E-state index contributed by atoms with van der Waals surface area (Å²) in [5.41, 5.74) is 0.840. The fourth-order valence-corrected chi connectivity index (χ4v) is 1.47. The summed E-state index contributed by atoms with van der Waals surface area (Å²) in [5.74, 6) is 1.04. The summed E-state index contributed by atoms with van der Waals surface area (Å²) in [7, 11) is 0. The molecule has 1 aromatic rings. The van der Waals surface area contributed by atoms with Gasteiger partial charge in [0.25, 0.3) is 0 Å². The van der Waals surface area contributed by atoms with Gasteiger partial charge in [-0.05, 0) is 30.7 Å². The van der Waals surface area contributed by atoms with Crippen LogP contribution in [-0.4, -0.2) is 13.2 Å². The molecule has 0 aliphatic heterocycles. The first-order chi connectivity index (χ1) is 8.13. The predicted octanol–water partition coefficient (Wildman–Crippen LogP) is 3.14. The summed E-state index contributed by atoms with van der Waals surface area (Å²) in [6.45, 7) is 9.81. The van der Waals surface area contributed by atoms with Gasteiger partial charge in [0.2, 0.25) is 0 Å². The summed E-state index contributed by atoms with van der Waals surface area (Å²) in [4.78, 5) is 0. The van der Waals surface area contributed by atoms with Crippen molar-refractivity contribution in [2.75, 3.05) is 13.2 Å². The molecule has 0 radical (unpaired) electrons. The van der Waals surface area contributed by atoms with Crippen molar-refractivity contribution in [3.8, 4) is 5.75 Å². The van der Waals surface area contributed by atoms with Gasteiger partial charge in [0, 0.05) is 12.1 Å². The molecule has 17 heavy (non-hydrogen) atoms. The standard InChI is InChI=1S/C14H20FNO/c1-4-7-17-14-6-5-13(15)8-12(14)10-16-9-11(2)3/h4-6,8,11,16H,1,7,9-10H2,2-3H3. The van der Waals surface area contributed by atoms with Crippen LogP contribution in [0.1, 0.15) is 19.4 Å². The van der Waals surface area contributed by atoms with E-state index in [0.29, 0.717) is 24.8 Å². The van der Waals surface area contributed by atoms with Gasteiger partial charge in [-0.1, -0.05) is 26.5 Å². The maximum absolute atomic E-state index is 13.2. The van der Waals surface area contributed by atoms with Crippen LogP contribution in [0.4, 0.5) is 4.39 Å². The lowest BCUT2D eigenvalue weighted by Crippen LogP contribution is -2.19. The van der Waals surface area contributed by atoms with Crippen molar-refractivity contribution >= 4 is 0 Å². The average molecular weight is 237 g/mol. The van der Waals surface area contributed by atoms with E-state index in [1.807, 2.05) is 0 Å². The molecule has 0 saturated heterocycles. The van der Waals surface area contributed by atoms with Crippen LogP contribution < -0.4 is 10.1 Å². The Bertz CT molecular complexity index is 363. The molecule has 0 bridgehead atoms. The highest BCUT2D eigenvalue weighted by Gasteiger charge is 2.05. The zero-order valence-electron chi connectivity index (χ0n) is 10.5. The number of hydrogen-bond acceptors (Lipinski definition) is 2. The highest BCUT2D eigenvalue weighted by atomic mass is 19.1. The quantitative estimate of drug-likeness (QED) is 0.736. The van der Waals surface area contributed by atoms with Crippen LogP contribution in [0.15, 0.2) is 30.9 Å². The second kappa shape index (κ2) is 7.07. The largest absolute Gasteiger partial charge is 0.489 e. The molecule has 0 heterocycles. The Labute approximate surface area is 102 Å². The maximum atomic E-state index is 13.2. The molecule has 0 aliphatic carbocycles. The smallest absolute Gasteiger partial charge is 0.124 e. The van der Waals surface area contributed by atoms with Crippen LogP contribution in [0.5, 0.6) is 5.75 Å². The molecule has 0 aromatic heterocycles. The molecule has 0 saturated carbocycles. The summed E-state index contributed by atoms with van der Waals surface area (Å²) >= 11 is 0. The van der Waals surface area contributed by atoms with Gasteiger partial charge in [-0.2, -0.15) is 0 Å². The number of benzene rings is 1. The highest BCUT2D eigenvalue weighted by Crippen LogP contribution is 2.19. The minimum absolute atomic E-state index is 0.239. The minimum atomic E-state index is -0.239. The van der Waals surface area contributed by atoms with Crippen LogP contribution in [-0.2, 0) is 6.54 Å². The lowest BCUT2D eigenvalue weighted by molar-refractivity contribution is 0.356. The third-order valence-corrected chi connectivity index (χ3v) is 2.25. The third kappa shape index (κ3) is 5.00. The number of nitrogens with one attached hydrogen (secondary N) is 1. The summed E-state index contributed by atoms with van der Waals surface area (Å²) < 4.78 is 18.6. The van der Waals surface area contributed by atoms with Crippen molar-refractivity contribution in [1.82, 2.24) is 5.32 Å². The zero-order valence-corrected chi connectivity index (χ0v) is 10.5. The molecule has 0 spiro atoms. The van der Waals surface area contributed by atoms with Gasteiger partial charge in [-0.3, -0.25) is 0 Å². The van der Waals surface area contributed by atoms with Gasteiger partial charge < -0.3 is 10.1 Å². The minimum Gasteiger partial charge on any atom is -0.489 e. The van der Waals surface area contributed by atoms with Crippen molar-refractivity contribution in [1.29, 1.82) is 0 Å². The van der Waals surface area contributed by atoms with Crippen LogP contribution in [0.3, 0.4) is 0 Å². The van der Waals surface area contributed by atoms with Crippen molar-refractivity contribution in [2.45, 2.75) is 20.4 Å². The van der Waals surface area contributed by atoms with Gasteiger partial charge in [0.15, 0.2) is 0 Å². The Morgan fingerprint density at radius 3 is 2.88 bits per heavy atom. The molecule has 0 atom stereocenters. The van der Waals surface area contributed by atoms with Crippen molar-refractivity contribution in [2.24, 2.45) is 5.92 Å². The Kier molecular flexibility index (Phi) is 5.70. The fraction of sp³-hybridized carbons (Fsp3) is 0.429. The topological polar surface area (TPSA) is 21.3 Å². The Balaban J connectivity index is 2.65. The molecule has 0 aliphatic rings. The second-order valence-electron chi connectivity index (χ2n) is 4.38. The van der Waals surface area contributed by atoms with E-state index in [-0.39, 0.29) is 5.82 Å². The van der Waals surface area contributed by atoms with Gasteiger partial charge in [0.1, 0.15) is 18.2 Å². The van der Waals surface area contributed by atoms with Gasteiger partial charge in [-0.15, -0.1) is 0 Å². The second-order valence-corrected chi connectivity index (χ2v) is 4.38. The molecule has 1 aromatic carbocycles. The van der Waals surface area contributed by atoms with E-state index >= 15 is 0 Å². The van der Waals surface area contributed by atoms with E-state index in [4.69, 9.17) is 4.74 Å². The van der Waals surface area contributed by atoms with Crippen molar-refractivity contribution in [3.63, 3.8) is 0 Å². The summed E-state index contributed by atoms with van der Waals surface area (Å²) in [5, 5.41) is 3.27. The molecular formula is C14H20FNO. The van der Waals surface area contributed by atoms with E-state index in [1.165, 1.54) is 12.1 Å². The first kappa shape index (κ1) is 13.7. The first-order valence-electron chi connectivity index (χ1n) is 5.86. The lowest BCUT2D eigenvalue weighted by Gasteiger charge is -2.12. The molecule has 1 N–H and O–H groups in total. The lowest BCUT2D eigenvalue weighted by atomic mass is 10.1. The van der Waals surface area contributed by atoms with E-state index in [9.17, 15) is 4.39 Å². The van der Waals surface area contributed by atoms with Crippen LogP contribution in [0.25, 0.3) is 0 Å². The summed E-state index contributed by atoms with van der Waals surface area (Å²) in [6, 6.07) is 4.57. The Morgan fingerprint density at radius 1 is 1.47 bits per heavy atom. The Hall–Kier alpha value is -1.35. The molecule has 0 unspecified atom stereocenters. The normalized spacial score (nSPS) is 10.6. The van der Waals surface area contributed by atoms with E-state index in [0.717, 1.165) is 12.1 Å². The number of ether oxygens (including phenoxy) is 1. The molecule has 3 heteroatoms. The molecule has 0 amide bonds. The molecule has 1 rings (SSSR count). The maximum Gasteiger partial charge on any atom is 0.124 e. The van der Waals surface area contributed by atoms with Crippen molar-refractivity contribution < 1.29 is 9.13 Å². The number of rotatable bonds is 7. The predicted molar refractivity (Wildman–Crippen MR) is 68.6 cm³/mol. The van der Waals surface area contributed by atoms with Crippen LogP contribution in [0.2, 0.25) is 0 Å². The SMILES string of the molecule is C=CCOc1ccc(F)cc1CNCC(C)C. The molecular weight excluding hydrogens is 217 g/mol. The third-order valence-electron chi connectivity index (χ3n) is 2.25. The zero-order chi connectivity index (χ0) is 12.7. The molecule has 0 fully saturated rings. The summed E-state index contributed by atoms with van der Waals surface area (Å²) in [6.07, 6.45) is 1.68. The van der Waals surface area contributed by atoms with Crippen LogP contribution >= 0.6 is 0 Å². The Morgan fingerprint density at radius 2 is 2.24 bits per heavy atom. The number of halogens is 1. The van der Waals surface area contributed by atoms with Gasteiger partial charge in [-0.25, -0.2) is 4.39 Å². The van der Waals surface area contributed by atoms with Crippen LogP contribution in [0, 0.1) is 11.7 Å². The fourth-order valence-electron chi connectivity index (χ4n) is 1.47. The van der Waals surface area contributed by atoms with Gasteiger partial charge >= 0.3 is 0 Å². The van der Waals surface area contributed by atoms with E-state index in [1.54, 1.807) is 12.1 Å². The van der Waals surface area contributed by atoms with E-state index < -0.39 is 0 Å². The van der Waals surface area contributed by atoms with Gasteiger partial charge in [0.05, 0.1) is 0 Å².